The van der Waals surface area contributed by atoms with E-state index in [9.17, 15) is 14.4 Å². The maximum Gasteiger partial charge on any atom is 0.240 e. The Labute approximate surface area is 160 Å². The van der Waals surface area contributed by atoms with Gasteiger partial charge in [-0.1, -0.05) is 41.4 Å². The smallest absolute Gasteiger partial charge is 0.240 e. The number of nitrogens with one attached hydrogen (secondary N) is 2. The molecule has 0 atom stereocenters. The molecule has 0 radical (unpaired) electrons. The lowest BCUT2D eigenvalue weighted by molar-refractivity contribution is -0.131. The molecule has 7 heteroatoms. The van der Waals surface area contributed by atoms with E-state index in [-0.39, 0.29) is 10.8 Å². The number of ketones is 1. The molecular formula is C19H16Cl2N2O3. The standard InChI is InChI=1S/C19H16Cl2N2O3/c1-11(24)12-4-2-5-13(10-12)22-17(25)19(8-9-19)18(26)23-15-7-3-6-14(20)16(15)21/h2-7,10H,8-9H2,1H3,(H,22,25)(H,23,26). The van der Waals surface area contributed by atoms with Crippen LogP contribution in [0.5, 0.6) is 0 Å². The topological polar surface area (TPSA) is 75.3 Å². The molecular weight excluding hydrogens is 375 g/mol. The van der Waals surface area contributed by atoms with Gasteiger partial charge in [0, 0.05) is 11.3 Å². The summed E-state index contributed by atoms with van der Waals surface area (Å²) in [5.74, 6) is -0.939. The molecule has 0 saturated heterocycles. The molecule has 26 heavy (non-hydrogen) atoms. The second-order valence-corrected chi connectivity index (χ2v) is 7.01. The Bertz CT molecular complexity index is 907. The van der Waals surface area contributed by atoms with Gasteiger partial charge in [-0.3, -0.25) is 14.4 Å². The number of rotatable bonds is 5. The zero-order valence-corrected chi connectivity index (χ0v) is 15.4. The monoisotopic (exact) mass is 390 g/mol. The van der Waals surface area contributed by atoms with Crippen molar-refractivity contribution in [1.82, 2.24) is 0 Å². The molecule has 2 amide bonds. The molecule has 134 valence electrons. The summed E-state index contributed by atoms with van der Waals surface area (Å²) in [6, 6.07) is 11.5. The molecule has 1 aliphatic carbocycles. The quantitative estimate of drug-likeness (QED) is 0.580. The number of benzene rings is 2. The number of Topliss-reactive ketones (excluding diaryl/α,β-unsaturated/α-hetero) is 1. The molecule has 2 N–H and O–H groups in total. The van der Waals surface area contributed by atoms with Gasteiger partial charge in [-0.15, -0.1) is 0 Å². The van der Waals surface area contributed by atoms with Gasteiger partial charge in [0.2, 0.25) is 11.8 Å². The molecule has 1 saturated carbocycles. The summed E-state index contributed by atoms with van der Waals surface area (Å²) in [6.45, 7) is 1.45. The number of carbonyl (C=O) groups excluding carboxylic acids is 3. The first-order valence-electron chi connectivity index (χ1n) is 8.01. The van der Waals surface area contributed by atoms with Gasteiger partial charge in [0.05, 0.1) is 15.7 Å². The summed E-state index contributed by atoms with van der Waals surface area (Å²) in [4.78, 5) is 36.7. The van der Waals surface area contributed by atoms with Crippen molar-refractivity contribution in [3.63, 3.8) is 0 Å². The highest BCUT2D eigenvalue weighted by Gasteiger charge is 2.56. The average molecular weight is 391 g/mol. The first-order chi connectivity index (χ1) is 12.3. The predicted octanol–water partition coefficient (Wildman–Crippen LogP) is 4.55. The largest absolute Gasteiger partial charge is 0.325 e. The third-order valence-electron chi connectivity index (χ3n) is 4.35. The van der Waals surface area contributed by atoms with E-state index in [4.69, 9.17) is 23.2 Å². The second-order valence-electron chi connectivity index (χ2n) is 6.23. The van der Waals surface area contributed by atoms with Crippen LogP contribution in [0.3, 0.4) is 0 Å². The van der Waals surface area contributed by atoms with Crippen molar-refractivity contribution in [3.8, 4) is 0 Å². The molecule has 0 heterocycles. The molecule has 2 aromatic carbocycles. The minimum atomic E-state index is -1.14. The van der Waals surface area contributed by atoms with Crippen molar-refractivity contribution in [2.24, 2.45) is 5.41 Å². The van der Waals surface area contributed by atoms with Crippen LogP contribution in [0, 0.1) is 5.41 Å². The molecule has 1 aliphatic rings. The fourth-order valence-corrected chi connectivity index (χ4v) is 2.94. The lowest BCUT2D eigenvalue weighted by atomic mass is 10.0. The molecule has 0 spiro atoms. The number of hydrogen-bond acceptors (Lipinski definition) is 3. The van der Waals surface area contributed by atoms with Crippen molar-refractivity contribution in [3.05, 3.63) is 58.1 Å². The Hall–Kier alpha value is -2.37. The van der Waals surface area contributed by atoms with Crippen molar-refractivity contribution in [2.75, 3.05) is 10.6 Å². The van der Waals surface area contributed by atoms with E-state index >= 15 is 0 Å². The van der Waals surface area contributed by atoms with Crippen LogP contribution in [0.2, 0.25) is 10.0 Å². The van der Waals surface area contributed by atoms with Crippen LogP contribution in [-0.2, 0) is 9.59 Å². The van der Waals surface area contributed by atoms with Gasteiger partial charge in [0.1, 0.15) is 5.41 Å². The molecule has 0 aromatic heterocycles. The van der Waals surface area contributed by atoms with E-state index in [1.165, 1.54) is 6.92 Å². The second kappa shape index (κ2) is 7.09. The van der Waals surface area contributed by atoms with Gasteiger partial charge in [-0.25, -0.2) is 0 Å². The minimum absolute atomic E-state index is 0.101. The van der Waals surface area contributed by atoms with Gasteiger partial charge >= 0.3 is 0 Å². The molecule has 1 fully saturated rings. The maximum absolute atomic E-state index is 12.6. The number of anilines is 2. The summed E-state index contributed by atoms with van der Waals surface area (Å²) < 4.78 is 0. The van der Waals surface area contributed by atoms with Crippen molar-refractivity contribution in [2.45, 2.75) is 19.8 Å². The first kappa shape index (κ1) is 18.4. The molecule has 0 bridgehead atoms. The van der Waals surface area contributed by atoms with E-state index in [2.05, 4.69) is 10.6 Å². The highest BCUT2D eigenvalue weighted by Crippen LogP contribution is 2.48. The summed E-state index contributed by atoms with van der Waals surface area (Å²) in [7, 11) is 0. The minimum Gasteiger partial charge on any atom is -0.325 e. The lowest BCUT2D eigenvalue weighted by Crippen LogP contribution is -2.35. The summed E-state index contributed by atoms with van der Waals surface area (Å²) in [5.41, 5.74) is 0.185. The van der Waals surface area contributed by atoms with Gasteiger partial charge in [0.25, 0.3) is 0 Å². The van der Waals surface area contributed by atoms with Crippen LogP contribution in [0.4, 0.5) is 11.4 Å². The average Bonchev–Trinajstić information content (AvgIpc) is 3.41. The van der Waals surface area contributed by atoms with Crippen LogP contribution >= 0.6 is 23.2 Å². The predicted molar refractivity (Wildman–Crippen MR) is 102 cm³/mol. The first-order valence-corrected chi connectivity index (χ1v) is 8.77. The fraction of sp³-hybridized carbons (Fsp3) is 0.211. The molecule has 3 rings (SSSR count). The SMILES string of the molecule is CC(=O)c1cccc(NC(=O)C2(C(=O)Nc3cccc(Cl)c3Cl)CC2)c1. The molecule has 5 nitrogen and oxygen atoms in total. The van der Waals surface area contributed by atoms with Gasteiger partial charge < -0.3 is 10.6 Å². The van der Waals surface area contributed by atoms with E-state index in [1.54, 1.807) is 42.5 Å². The normalized spacial score (nSPS) is 14.4. The van der Waals surface area contributed by atoms with E-state index < -0.39 is 17.2 Å². The van der Waals surface area contributed by atoms with E-state index in [0.717, 1.165) is 0 Å². The van der Waals surface area contributed by atoms with Crippen LogP contribution in [-0.4, -0.2) is 17.6 Å². The number of halogens is 2. The number of hydrogen-bond donors (Lipinski definition) is 2. The van der Waals surface area contributed by atoms with Crippen molar-refractivity contribution < 1.29 is 14.4 Å². The molecule has 0 aliphatic heterocycles. The Morgan fingerprint density at radius 3 is 2.27 bits per heavy atom. The molecule has 2 aromatic rings. The summed E-state index contributed by atoms with van der Waals surface area (Å²) in [6.07, 6.45) is 0.879. The van der Waals surface area contributed by atoms with Gasteiger partial charge in [-0.2, -0.15) is 0 Å². The van der Waals surface area contributed by atoms with Crippen LogP contribution < -0.4 is 10.6 Å². The van der Waals surface area contributed by atoms with Crippen molar-refractivity contribution >= 4 is 52.2 Å². The van der Waals surface area contributed by atoms with E-state index in [0.29, 0.717) is 34.8 Å². The Morgan fingerprint density at radius 1 is 0.962 bits per heavy atom. The van der Waals surface area contributed by atoms with Crippen LogP contribution in [0.25, 0.3) is 0 Å². The fourth-order valence-electron chi connectivity index (χ4n) is 2.59. The summed E-state index contributed by atoms with van der Waals surface area (Å²) in [5, 5.41) is 5.95. The zero-order chi connectivity index (χ0) is 18.9. The Balaban J connectivity index is 1.74. The Kier molecular flexibility index (Phi) is 5.03. The molecule has 0 unspecified atom stereocenters. The highest BCUT2D eigenvalue weighted by molar-refractivity contribution is 6.44. The van der Waals surface area contributed by atoms with Crippen LogP contribution in [0.1, 0.15) is 30.1 Å². The van der Waals surface area contributed by atoms with Gasteiger partial charge in [0.15, 0.2) is 5.78 Å². The Morgan fingerprint density at radius 2 is 1.62 bits per heavy atom. The number of carbonyl (C=O) groups is 3. The van der Waals surface area contributed by atoms with Crippen LogP contribution in [0.15, 0.2) is 42.5 Å². The highest BCUT2D eigenvalue weighted by atomic mass is 35.5. The van der Waals surface area contributed by atoms with E-state index in [1.807, 2.05) is 0 Å². The summed E-state index contributed by atoms with van der Waals surface area (Å²) >= 11 is 12.0. The third-order valence-corrected chi connectivity index (χ3v) is 5.16. The zero-order valence-electron chi connectivity index (χ0n) is 13.9. The number of amides is 2. The lowest BCUT2D eigenvalue weighted by Gasteiger charge is -2.16. The third kappa shape index (κ3) is 3.59. The maximum atomic E-state index is 12.6. The van der Waals surface area contributed by atoms with Gasteiger partial charge in [-0.05, 0) is 44.0 Å². The van der Waals surface area contributed by atoms with Crippen molar-refractivity contribution in [1.29, 1.82) is 0 Å².